The molecule has 1 aromatic carbocycles. The highest BCUT2D eigenvalue weighted by molar-refractivity contribution is 7.10. The first-order valence-corrected chi connectivity index (χ1v) is 8.30. The van der Waals surface area contributed by atoms with Gasteiger partial charge in [-0.3, -0.25) is 9.59 Å². The molecule has 0 aliphatic rings. The highest BCUT2D eigenvalue weighted by Crippen LogP contribution is 2.23. The van der Waals surface area contributed by atoms with Crippen molar-refractivity contribution >= 4 is 40.4 Å². The summed E-state index contributed by atoms with van der Waals surface area (Å²) in [5.74, 6) is -1.51. The molecule has 5 nitrogen and oxygen atoms in total. The van der Waals surface area contributed by atoms with Gasteiger partial charge >= 0.3 is 11.8 Å². The van der Waals surface area contributed by atoms with E-state index in [9.17, 15) is 14.7 Å². The number of nitrogens with one attached hydrogen (secondary N) is 2. The zero-order valence-corrected chi connectivity index (χ0v) is 14.1. The Balaban J connectivity index is 1.81. The molecule has 0 radical (unpaired) electrons. The molecule has 0 saturated carbocycles. The van der Waals surface area contributed by atoms with Gasteiger partial charge in [0.25, 0.3) is 0 Å². The van der Waals surface area contributed by atoms with Gasteiger partial charge < -0.3 is 15.7 Å². The van der Waals surface area contributed by atoms with E-state index in [1.807, 2.05) is 17.5 Å². The van der Waals surface area contributed by atoms with Gasteiger partial charge in [0.05, 0.1) is 6.10 Å². The molecule has 2 aromatic rings. The summed E-state index contributed by atoms with van der Waals surface area (Å²) in [5, 5.41) is 17.3. The lowest BCUT2D eigenvalue weighted by molar-refractivity contribution is -0.136. The number of thiophene rings is 1. The minimum atomic E-state index is -0.763. The van der Waals surface area contributed by atoms with Gasteiger partial charge in [0.1, 0.15) is 0 Å². The van der Waals surface area contributed by atoms with Crippen LogP contribution in [0.15, 0.2) is 35.7 Å². The molecule has 1 heterocycles. The van der Waals surface area contributed by atoms with Crippen LogP contribution in [0, 0.1) is 6.92 Å². The summed E-state index contributed by atoms with van der Waals surface area (Å²) in [7, 11) is 0. The van der Waals surface area contributed by atoms with Crippen LogP contribution in [0.1, 0.15) is 23.0 Å². The number of carbonyl (C=O) groups excluding carboxylic acids is 2. The molecule has 23 heavy (non-hydrogen) atoms. The summed E-state index contributed by atoms with van der Waals surface area (Å²) in [4.78, 5) is 24.5. The smallest absolute Gasteiger partial charge is 0.313 e. The number of hydrogen-bond donors (Lipinski definition) is 3. The van der Waals surface area contributed by atoms with Crippen molar-refractivity contribution in [1.29, 1.82) is 0 Å². The monoisotopic (exact) mass is 352 g/mol. The van der Waals surface area contributed by atoms with Gasteiger partial charge in [0, 0.05) is 22.1 Å². The van der Waals surface area contributed by atoms with E-state index in [-0.39, 0.29) is 6.54 Å². The van der Waals surface area contributed by atoms with E-state index in [1.165, 1.54) is 11.3 Å². The third-order valence-electron chi connectivity index (χ3n) is 3.30. The molecular formula is C16H17ClN2O3S. The SMILES string of the molecule is Cc1c(Cl)cccc1NC(=O)C(=O)NCCC(O)c1cccs1. The average Bonchev–Trinajstić information content (AvgIpc) is 3.06. The number of aliphatic hydroxyl groups is 1. The maximum absolute atomic E-state index is 11.9. The van der Waals surface area contributed by atoms with E-state index in [0.717, 1.165) is 4.88 Å². The van der Waals surface area contributed by atoms with Crippen LogP contribution in [-0.2, 0) is 9.59 Å². The standard InChI is InChI=1S/C16H17ClN2O3S/c1-10-11(17)4-2-5-12(10)19-16(22)15(21)18-8-7-13(20)14-6-3-9-23-14/h2-6,9,13,20H,7-8H2,1H3,(H,18,21)(H,19,22). The molecule has 3 N–H and O–H groups in total. The molecule has 0 aliphatic heterocycles. The Kier molecular flexibility index (Phi) is 6.15. The minimum Gasteiger partial charge on any atom is -0.388 e. The largest absolute Gasteiger partial charge is 0.388 e. The molecular weight excluding hydrogens is 336 g/mol. The first kappa shape index (κ1) is 17.5. The minimum absolute atomic E-state index is 0.208. The van der Waals surface area contributed by atoms with Crippen LogP contribution in [0.5, 0.6) is 0 Å². The van der Waals surface area contributed by atoms with Crippen molar-refractivity contribution < 1.29 is 14.7 Å². The number of carbonyl (C=O) groups is 2. The third kappa shape index (κ3) is 4.79. The van der Waals surface area contributed by atoms with E-state index < -0.39 is 17.9 Å². The van der Waals surface area contributed by atoms with Crippen molar-refractivity contribution in [2.45, 2.75) is 19.4 Å². The van der Waals surface area contributed by atoms with Gasteiger partial charge in [-0.1, -0.05) is 23.7 Å². The maximum atomic E-state index is 11.9. The number of benzene rings is 1. The number of amides is 2. The Bertz CT molecular complexity index is 689. The van der Waals surface area contributed by atoms with E-state index in [1.54, 1.807) is 25.1 Å². The van der Waals surface area contributed by atoms with Crippen molar-refractivity contribution in [3.8, 4) is 0 Å². The number of hydrogen-bond acceptors (Lipinski definition) is 4. The topological polar surface area (TPSA) is 78.4 Å². The molecule has 1 atom stereocenters. The Morgan fingerprint density at radius 1 is 1.26 bits per heavy atom. The Morgan fingerprint density at radius 3 is 2.74 bits per heavy atom. The quantitative estimate of drug-likeness (QED) is 0.724. The maximum Gasteiger partial charge on any atom is 0.313 e. The second-order valence-electron chi connectivity index (χ2n) is 4.94. The van der Waals surface area contributed by atoms with E-state index in [2.05, 4.69) is 10.6 Å². The molecule has 1 unspecified atom stereocenters. The van der Waals surface area contributed by atoms with E-state index in [0.29, 0.717) is 22.7 Å². The predicted molar refractivity (Wildman–Crippen MR) is 91.7 cm³/mol. The van der Waals surface area contributed by atoms with Crippen molar-refractivity contribution in [3.05, 3.63) is 51.2 Å². The summed E-state index contributed by atoms with van der Waals surface area (Å²) in [5.41, 5.74) is 1.19. The van der Waals surface area contributed by atoms with E-state index in [4.69, 9.17) is 11.6 Å². The Labute approximate surface area is 143 Å². The molecule has 2 amide bonds. The first-order chi connectivity index (χ1) is 11.0. The number of rotatable bonds is 5. The summed E-state index contributed by atoms with van der Waals surface area (Å²) in [6.45, 7) is 1.97. The highest BCUT2D eigenvalue weighted by Gasteiger charge is 2.16. The first-order valence-electron chi connectivity index (χ1n) is 7.05. The normalized spacial score (nSPS) is 11.8. The molecule has 0 saturated heterocycles. The zero-order valence-electron chi connectivity index (χ0n) is 12.5. The van der Waals surface area contributed by atoms with Gasteiger partial charge in [-0.05, 0) is 42.5 Å². The van der Waals surface area contributed by atoms with Gasteiger partial charge in [0.2, 0.25) is 0 Å². The molecule has 0 aliphatic carbocycles. The molecule has 122 valence electrons. The molecule has 0 bridgehead atoms. The van der Waals surface area contributed by atoms with E-state index >= 15 is 0 Å². The second kappa shape index (κ2) is 8.10. The molecule has 7 heteroatoms. The summed E-state index contributed by atoms with van der Waals surface area (Å²) in [6.07, 6.45) is -0.302. The van der Waals surface area contributed by atoms with Crippen LogP contribution in [0.2, 0.25) is 5.02 Å². The highest BCUT2D eigenvalue weighted by atomic mass is 35.5. The predicted octanol–water partition coefficient (Wildman–Crippen LogP) is 2.89. The molecule has 0 fully saturated rings. The average molecular weight is 353 g/mol. The van der Waals surface area contributed by atoms with Crippen LogP contribution in [-0.4, -0.2) is 23.5 Å². The summed E-state index contributed by atoms with van der Waals surface area (Å²) >= 11 is 7.41. The Morgan fingerprint density at radius 2 is 2.04 bits per heavy atom. The lowest BCUT2D eigenvalue weighted by Gasteiger charge is -2.11. The van der Waals surface area contributed by atoms with Gasteiger partial charge in [-0.2, -0.15) is 0 Å². The fourth-order valence-corrected chi connectivity index (χ4v) is 2.87. The van der Waals surface area contributed by atoms with Crippen molar-refractivity contribution in [2.75, 3.05) is 11.9 Å². The van der Waals surface area contributed by atoms with Gasteiger partial charge in [-0.15, -0.1) is 11.3 Å². The second-order valence-corrected chi connectivity index (χ2v) is 6.33. The lowest BCUT2D eigenvalue weighted by atomic mass is 10.2. The van der Waals surface area contributed by atoms with Gasteiger partial charge in [-0.25, -0.2) is 0 Å². The van der Waals surface area contributed by atoms with Crippen LogP contribution in [0.25, 0.3) is 0 Å². The Hall–Kier alpha value is -1.89. The van der Waals surface area contributed by atoms with Crippen molar-refractivity contribution in [3.63, 3.8) is 0 Å². The van der Waals surface area contributed by atoms with Crippen LogP contribution in [0.4, 0.5) is 5.69 Å². The molecule has 1 aromatic heterocycles. The van der Waals surface area contributed by atoms with Crippen LogP contribution < -0.4 is 10.6 Å². The van der Waals surface area contributed by atoms with Crippen LogP contribution in [0.3, 0.4) is 0 Å². The zero-order chi connectivity index (χ0) is 16.8. The van der Waals surface area contributed by atoms with Crippen LogP contribution >= 0.6 is 22.9 Å². The fourth-order valence-electron chi connectivity index (χ4n) is 1.95. The summed E-state index contributed by atoms with van der Waals surface area (Å²) in [6, 6.07) is 8.75. The molecule has 2 rings (SSSR count). The molecule has 0 spiro atoms. The summed E-state index contributed by atoms with van der Waals surface area (Å²) < 4.78 is 0. The fraction of sp³-hybridized carbons (Fsp3) is 0.250. The lowest BCUT2D eigenvalue weighted by Crippen LogP contribution is -2.36. The number of aliphatic hydroxyl groups excluding tert-OH is 1. The van der Waals surface area contributed by atoms with Crippen molar-refractivity contribution in [1.82, 2.24) is 5.32 Å². The third-order valence-corrected chi connectivity index (χ3v) is 4.68. The number of halogens is 1. The number of anilines is 1. The van der Waals surface area contributed by atoms with Gasteiger partial charge in [0.15, 0.2) is 0 Å². The van der Waals surface area contributed by atoms with Crippen molar-refractivity contribution in [2.24, 2.45) is 0 Å².